The number of thiophene rings is 1. The van der Waals surface area contributed by atoms with Gasteiger partial charge in [-0.15, -0.1) is 22.7 Å². The largest absolute Gasteiger partial charge is 0.337 e. The molecule has 1 unspecified atom stereocenters. The Morgan fingerprint density at radius 1 is 1.30 bits per heavy atom. The van der Waals surface area contributed by atoms with Crippen molar-refractivity contribution in [1.29, 1.82) is 0 Å². The minimum atomic E-state index is -0.129. The molecule has 0 radical (unpaired) electrons. The smallest absolute Gasteiger partial charge is 0.236 e. The van der Waals surface area contributed by atoms with Gasteiger partial charge in [-0.05, 0) is 37.4 Å². The van der Waals surface area contributed by atoms with E-state index in [1.165, 1.54) is 9.58 Å². The first-order valence-corrected chi connectivity index (χ1v) is 10.1. The first-order valence-electron chi connectivity index (χ1n) is 7.50. The fraction of sp³-hybridized carbons (Fsp3) is 0.294. The van der Waals surface area contributed by atoms with Crippen molar-refractivity contribution in [2.45, 2.75) is 30.0 Å². The lowest BCUT2D eigenvalue weighted by Crippen LogP contribution is -2.35. The van der Waals surface area contributed by atoms with Crippen LogP contribution in [0.3, 0.4) is 0 Å². The SMILES string of the molecule is CCN(Cc1cccs1)C(=O)C(C)Sc1nc2ccccc2s1. The number of thioether (sulfide) groups is 1. The molecule has 23 heavy (non-hydrogen) atoms. The third kappa shape index (κ3) is 3.94. The van der Waals surface area contributed by atoms with Gasteiger partial charge in [0.25, 0.3) is 0 Å². The molecule has 1 amide bonds. The minimum Gasteiger partial charge on any atom is -0.337 e. The quantitative estimate of drug-likeness (QED) is 0.586. The normalized spacial score (nSPS) is 12.4. The van der Waals surface area contributed by atoms with Crippen molar-refractivity contribution in [1.82, 2.24) is 9.88 Å². The Morgan fingerprint density at radius 3 is 2.83 bits per heavy atom. The van der Waals surface area contributed by atoms with Gasteiger partial charge >= 0.3 is 0 Å². The molecular weight excluding hydrogens is 344 g/mol. The second-order valence-corrected chi connectivity index (χ2v) is 8.79. The number of nitrogens with zero attached hydrogens (tertiary/aromatic N) is 2. The van der Waals surface area contributed by atoms with Crippen LogP contribution in [0.15, 0.2) is 46.1 Å². The van der Waals surface area contributed by atoms with E-state index in [1.807, 2.05) is 48.4 Å². The summed E-state index contributed by atoms with van der Waals surface area (Å²) in [5.74, 6) is 0.171. The minimum absolute atomic E-state index is 0.129. The van der Waals surface area contributed by atoms with E-state index in [9.17, 15) is 4.79 Å². The van der Waals surface area contributed by atoms with Crippen LogP contribution in [-0.2, 0) is 11.3 Å². The highest BCUT2D eigenvalue weighted by molar-refractivity contribution is 8.02. The highest BCUT2D eigenvalue weighted by Gasteiger charge is 2.22. The fourth-order valence-electron chi connectivity index (χ4n) is 2.30. The van der Waals surface area contributed by atoms with Crippen LogP contribution in [-0.4, -0.2) is 27.6 Å². The van der Waals surface area contributed by atoms with Crippen molar-refractivity contribution < 1.29 is 4.79 Å². The third-order valence-electron chi connectivity index (χ3n) is 3.52. The lowest BCUT2D eigenvalue weighted by molar-refractivity contribution is -0.130. The fourth-order valence-corrected chi connectivity index (χ4v) is 5.31. The van der Waals surface area contributed by atoms with Crippen molar-refractivity contribution in [2.24, 2.45) is 0 Å². The molecule has 3 aromatic rings. The number of amides is 1. The molecule has 2 aromatic heterocycles. The summed E-state index contributed by atoms with van der Waals surface area (Å²) in [6, 6.07) is 12.2. The van der Waals surface area contributed by atoms with Crippen LogP contribution >= 0.6 is 34.4 Å². The summed E-state index contributed by atoms with van der Waals surface area (Å²) >= 11 is 4.90. The van der Waals surface area contributed by atoms with Gasteiger partial charge in [0.2, 0.25) is 5.91 Å². The Kier molecular flexibility index (Phi) is 5.35. The first kappa shape index (κ1) is 16.5. The number of hydrogen-bond donors (Lipinski definition) is 0. The lowest BCUT2D eigenvalue weighted by Gasteiger charge is -2.23. The van der Waals surface area contributed by atoms with Gasteiger partial charge in [-0.1, -0.05) is 30.0 Å². The van der Waals surface area contributed by atoms with Gasteiger partial charge in [-0.3, -0.25) is 4.79 Å². The van der Waals surface area contributed by atoms with E-state index in [4.69, 9.17) is 0 Å². The molecule has 3 nitrogen and oxygen atoms in total. The molecule has 0 saturated carbocycles. The van der Waals surface area contributed by atoms with Crippen LogP contribution in [0, 0.1) is 0 Å². The number of fused-ring (bicyclic) bond motifs is 1. The van der Waals surface area contributed by atoms with Gasteiger partial charge < -0.3 is 4.90 Å². The molecule has 1 atom stereocenters. The zero-order valence-electron chi connectivity index (χ0n) is 13.1. The Bertz CT molecular complexity index is 749. The molecule has 0 saturated heterocycles. The number of hydrogen-bond acceptors (Lipinski definition) is 5. The summed E-state index contributed by atoms with van der Waals surface area (Å²) in [7, 11) is 0. The maximum absolute atomic E-state index is 12.7. The number of thiazole rings is 1. The Hall–Kier alpha value is -1.37. The van der Waals surface area contributed by atoms with Gasteiger partial charge in [-0.2, -0.15) is 0 Å². The number of para-hydroxylation sites is 1. The molecule has 6 heteroatoms. The second kappa shape index (κ2) is 7.47. The zero-order valence-corrected chi connectivity index (χ0v) is 15.5. The maximum atomic E-state index is 12.7. The second-order valence-electron chi connectivity index (χ2n) is 5.14. The van der Waals surface area contributed by atoms with E-state index in [0.29, 0.717) is 6.54 Å². The van der Waals surface area contributed by atoms with E-state index in [0.717, 1.165) is 16.4 Å². The van der Waals surface area contributed by atoms with E-state index in [-0.39, 0.29) is 11.2 Å². The molecule has 0 spiro atoms. The molecule has 2 heterocycles. The maximum Gasteiger partial charge on any atom is 0.236 e. The molecule has 120 valence electrons. The summed E-state index contributed by atoms with van der Waals surface area (Å²) < 4.78 is 2.12. The van der Waals surface area contributed by atoms with Gasteiger partial charge in [0.15, 0.2) is 4.34 Å². The summed E-state index contributed by atoms with van der Waals surface area (Å²) in [6.07, 6.45) is 0. The molecule has 0 aliphatic carbocycles. The predicted octanol–water partition coefficient (Wildman–Crippen LogP) is 4.89. The highest BCUT2D eigenvalue weighted by Crippen LogP contribution is 2.32. The van der Waals surface area contributed by atoms with Crippen LogP contribution in [0.2, 0.25) is 0 Å². The van der Waals surface area contributed by atoms with Gasteiger partial charge in [-0.25, -0.2) is 4.98 Å². The average molecular weight is 363 g/mol. The van der Waals surface area contributed by atoms with Crippen molar-refractivity contribution in [3.05, 3.63) is 46.7 Å². The van der Waals surface area contributed by atoms with Crippen LogP contribution in [0.4, 0.5) is 0 Å². The van der Waals surface area contributed by atoms with E-state index in [1.54, 1.807) is 34.4 Å². The summed E-state index contributed by atoms with van der Waals surface area (Å²) in [6.45, 7) is 5.41. The first-order chi connectivity index (χ1) is 11.2. The monoisotopic (exact) mass is 362 g/mol. The summed E-state index contributed by atoms with van der Waals surface area (Å²) in [5.41, 5.74) is 1.01. The summed E-state index contributed by atoms with van der Waals surface area (Å²) in [5, 5.41) is 1.92. The molecule has 1 aromatic carbocycles. The van der Waals surface area contributed by atoms with Crippen LogP contribution in [0.25, 0.3) is 10.2 Å². The Balaban J connectivity index is 1.68. The van der Waals surface area contributed by atoms with E-state index < -0.39 is 0 Å². The predicted molar refractivity (Wildman–Crippen MR) is 100 cm³/mol. The van der Waals surface area contributed by atoms with Crippen molar-refractivity contribution in [3.63, 3.8) is 0 Å². The molecule has 0 bridgehead atoms. The van der Waals surface area contributed by atoms with Gasteiger partial charge in [0.1, 0.15) is 0 Å². The Morgan fingerprint density at radius 2 is 2.13 bits per heavy atom. The van der Waals surface area contributed by atoms with E-state index >= 15 is 0 Å². The van der Waals surface area contributed by atoms with Gasteiger partial charge in [0, 0.05) is 11.4 Å². The molecule has 0 fully saturated rings. The van der Waals surface area contributed by atoms with Crippen molar-refractivity contribution in [3.8, 4) is 0 Å². The number of carbonyl (C=O) groups is 1. The zero-order chi connectivity index (χ0) is 16.2. The van der Waals surface area contributed by atoms with Crippen molar-refractivity contribution in [2.75, 3.05) is 6.54 Å². The number of aromatic nitrogens is 1. The molecule has 0 aliphatic heterocycles. The topological polar surface area (TPSA) is 33.2 Å². The molecular formula is C17H18N2OS3. The van der Waals surface area contributed by atoms with Crippen LogP contribution < -0.4 is 0 Å². The highest BCUT2D eigenvalue weighted by atomic mass is 32.2. The van der Waals surface area contributed by atoms with E-state index in [2.05, 4.69) is 17.1 Å². The van der Waals surface area contributed by atoms with Crippen molar-refractivity contribution >= 4 is 50.6 Å². The molecule has 0 aliphatic rings. The van der Waals surface area contributed by atoms with Crippen LogP contribution in [0.1, 0.15) is 18.7 Å². The molecule has 3 rings (SSSR count). The number of rotatable bonds is 6. The average Bonchev–Trinajstić information content (AvgIpc) is 3.20. The summed E-state index contributed by atoms with van der Waals surface area (Å²) in [4.78, 5) is 20.4. The molecule has 0 N–H and O–H groups in total. The lowest BCUT2D eigenvalue weighted by atomic mass is 10.3. The Labute approximate surface area is 148 Å². The van der Waals surface area contributed by atoms with Gasteiger partial charge in [0.05, 0.1) is 22.0 Å². The van der Waals surface area contributed by atoms with Crippen LogP contribution in [0.5, 0.6) is 0 Å². The third-order valence-corrected chi connectivity index (χ3v) is 6.60. The standard InChI is InChI=1S/C17H18N2OS3/c1-3-19(11-13-7-6-10-21-13)16(20)12(2)22-17-18-14-8-4-5-9-15(14)23-17/h4-10,12H,3,11H2,1-2H3. The number of carbonyl (C=O) groups excluding carboxylic acids is 1. The number of benzene rings is 1.